The summed E-state index contributed by atoms with van der Waals surface area (Å²) in [7, 11) is 0. The summed E-state index contributed by atoms with van der Waals surface area (Å²) in [6.07, 6.45) is -4.46. The lowest BCUT2D eigenvalue weighted by Crippen LogP contribution is -2.27. The number of carbonyl (C=O) groups excluding carboxylic acids is 2. The van der Waals surface area contributed by atoms with Crippen molar-refractivity contribution < 1.29 is 27.5 Å². The monoisotopic (exact) mass is 395 g/mol. The van der Waals surface area contributed by atoms with Crippen LogP contribution in [0.4, 0.5) is 19.0 Å². The van der Waals surface area contributed by atoms with Crippen molar-refractivity contribution in [3.8, 4) is 5.75 Å². The number of nitrogens with zero attached hydrogens (tertiary/aromatic N) is 1. The van der Waals surface area contributed by atoms with Crippen LogP contribution in [0.5, 0.6) is 5.75 Å². The molecule has 28 heavy (non-hydrogen) atoms. The summed E-state index contributed by atoms with van der Waals surface area (Å²) in [4.78, 5) is 27.9. The minimum atomic E-state index is -4.46. The van der Waals surface area contributed by atoms with Crippen LogP contribution < -0.4 is 15.4 Å². The first-order valence-corrected chi connectivity index (χ1v) is 8.40. The molecule has 1 aromatic heterocycles. The molecule has 0 fully saturated rings. The average Bonchev–Trinajstić information content (AvgIpc) is 2.58. The van der Waals surface area contributed by atoms with Crippen LogP contribution in [-0.4, -0.2) is 29.6 Å². The van der Waals surface area contributed by atoms with Crippen molar-refractivity contribution in [3.05, 3.63) is 53.2 Å². The quantitative estimate of drug-likeness (QED) is 0.780. The number of ether oxygens (including phenoxy) is 1. The minimum Gasteiger partial charge on any atom is -0.484 e. The molecule has 0 radical (unpaired) electrons. The van der Waals surface area contributed by atoms with Crippen molar-refractivity contribution in [3.63, 3.8) is 0 Å². The van der Waals surface area contributed by atoms with Gasteiger partial charge in [-0.1, -0.05) is 6.07 Å². The van der Waals surface area contributed by atoms with Gasteiger partial charge in [-0.05, 0) is 49.7 Å². The number of halogens is 3. The second kappa shape index (κ2) is 8.73. The molecule has 1 atom stereocenters. The molecular formula is C19H20F3N3O3. The number of aryl methyl sites for hydroxylation is 1. The van der Waals surface area contributed by atoms with E-state index in [4.69, 9.17) is 0 Å². The SMILES string of the molecule is CC(=O)Nc1cc(C(C)NC(=O)c2cccc(OCC(F)(F)F)c2)cc(C)n1. The number of rotatable bonds is 6. The standard InChI is InChI=1S/C19H20F3N3O3/c1-11-7-15(9-17(23-11)25-13(3)26)12(2)24-18(27)14-5-4-6-16(8-14)28-10-19(20,21)22/h4-9,12H,10H2,1-3H3,(H,24,27)(H,23,25,26). The number of carbonyl (C=O) groups is 2. The van der Waals surface area contributed by atoms with E-state index in [1.807, 2.05) is 0 Å². The molecule has 0 saturated heterocycles. The third-order valence-electron chi connectivity index (χ3n) is 3.63. The van der Waals surface area contributed by atoms with E-state index in [9.17, 15) is 22.8 Å². The van der Waals surface area contributed by atoms with Crippen LogP contribution in [-0.2, 0) is 4.79 Å². The summed E-state index contributed by atoms with van der Waals surface area (Å²) in [6, 6.07) is 8.48. The Hall–Kier alpha value is -3.10. The van der Waals surface area contributed by atoms with Gasteiger partial charge in [0, 0.05) is 18.2 Å². The molecule has 0 saturated carbocycles. The van der Waals surface area contributed by atoms with E-state index in [2.05, 4.69) is 20.4 Å². The summed E-state index contributed by atoms with van der Waals surface area (Å²) in [5.41, 5.74) is 1.54. The highest BCUT2D eigenvalue weighted by atomic mass is 19.4. The molecule has 2 amide bonds. The average molecular weight is 395 g/mol. The molecule has 2 aromatic rings. The van der Waals surface area contributed by atoms with E-state index in [0.29, 0.717) is 17.1 Å². The van der Waals surface area contributed by atoms with Gasteiger partial charge in [0.05, 0.1) is 6.04 Å². The fourth-order valence-electron chi connectivity index (χ4n) is 2.45. The number of hydrogen-bond acceptors (Lipinski definition) is 4. The van der Waals surface area contributed by atoms with Crippen molar-refractivity contribution in [1.82, 2.24) is 10.3 Å². The lowest BCUT2D eigenvalue weighted by Gasteiger charge is -2.16. The van der Waals surface area contributed by atoms with E-state index in [0.717, 1.165) is 0 Å². The van der Waals surface area contributed by atoms with E-state index in [1.165, 1.54) is 31.2 Å². The predicted octanol–water partition coefficient (Wildman–Crippen LogP) is 3.78. The summed E-state index contributed by atoms with van der Waals surface area (Å²) in [6.45, 7) is 3.43. The van der Waals surface area contributed by atoms with Gasteiger partial charge in [-0.15, -0.1) is 0 Å². The number of alkyl halides is 3. The van der Waals surface area contributed by atoms with Crippen LogP contribution in [0.2, 0.25) is 0 Å². The molecule has 0 aliphatic rings. The van der Waals surface area contributed by atoms with Crippen molar-refractivity contribution >= 4 is 17.6 Å². The molecule has 0 bridgehead atoms. The summed E-state index contributed by atoms with van der Waals surface area (Å²) >= 11 is 0. The summed E-state index contributed by atoms with van der Waals surface area (Å²) in [5, 5.41) is 5.35. The highest BCUT2D eigenvalue weighted by Gasteiger charge is 2.28. The van der Waals surface area contributed by atoms with E-state index in [-0.39, 0.29) is 17.2 Å². The van der Waals surface area contributed by atoms with Crippen LogP contribution >= 0.6 is 0 Å². The Labute approximate surface area is 160 Å². The Morgan fingerprint density at radius 1 is 1.21 bits per heavy atom. The Bertz CT molecular complexity index is 869. The fourth-order valence-corrected chi connectivity index (χ4v) is 2.45. The first-order chi connectivity index (χ1) is 13.0. The maximum atomic E-state index is 12.5. The Morgan fingerprint density at radius 2 is 1.93 bits per heavy atom. The molecular weight excluding hydrogens is 375 g/mol. The van der Waals surface area contributed by atoms with Crippen molar-refractivity contribution in [1.29, 1.82) is 0 Å². The third-order valence-corrected chi connectivity index (χ3v) is 3.63. The zero-order valence-corrected chi connectivity index (χ0v) is 15.6. The van der Waals surface area contributed by atoms with Crippen molar-refractivity contribution in [2.24, 2.45) is 0 Å². The van der Waals surface area contributed by atoms with E-state index >= 15 is 0 Å². The van der Waals surface area contributed by atoms with Crippen LogP contribution in [0.15, 0.2) is 36.4 Å². The second-order valence-corrected chi connectivity index (χ2v) is 6.24. The summed E-state index contributed by atoms with van der Waals surface area (Å²) < 4.78 is 41.5. The topological polar surface area (TPSA) is 80.3 Å². The number of hydrogen-bond donors (Lipinski definition) is 2. The highest BCUT2D eigenvalue weighted by molar-refractivity contribution is 5.94. The lowest BCUT2D eigenvalue weighted by molar-refractivity contribution is -0.153. The highest BCUT2D eigenvalue weighted by Crippen LogP contribution is 2.21. The number of benzene rings is 1. The van der Waals surface area contributed by atoms with Crippen LogP contribution in [0.25, 0.3) is 0 Å². The van der Waals surface area contributed by atoms with Gasteiger partial charge in [-0.25, -0.2) is 4.98 Å². The van der Waals surface area contributed by atoms with Gasteiger partial charge >= 0.3 is 6.18 Å². The molecule has 0 spiro atoms. The number of nitrogens with one attached hydrogen (secondary N) is 2. The maximum Gasteiger partial charge on any atom is 0.422 e. The van der Waals surface area contributed by atoms with Crippen molar-refractivity contribution in [2.75, 3.05) is 11.9 Å². The number of anilines is 1. The zero-order chi connectivity index (χ0) is 20.9. The Balaban J connectivity index is 2.10. The first-order valence-electron chi connectivity index (χ1n) is 8.40. The van der Waals surface area contributed by atoms with Crippen LogP contribution in [0.3, 0.4) is 0 Å². The van der Waals surface area contributed by atoms with Crippen molar-refractivity contribution in [2.45, 2.75) is 33.0 Å². The zero-order valence-electron chi connectivity index (χ0n) is 15.6. The first kappa shape index (κ1) is 21.2. The number of pyridine rings is 1. The van der Waals surface area contributed by atoms with Gasteiger partial charge in [0.1, 0.15) is 11.6 Å². The van der Waals surface area contributed by atoms with Gasteiger partial charge in [-0.3, -0.25) is 9.59 Å². The molecule has 1 unspecified atom stereocenters. The van der Waals surface area contributed by atoms with Gasteiger partial charge < -0.3 is 15.4 Å². The van der Waals surface area contributed by atoms with Gasteiger partial charge in [-0.2, -0.15) is 13.2 Å². The van der Waals surface area contributed by atoms with E-state index in [1.54, 1.807) is 26.0 Å². The lowest BCUT2D eigenvalue weighted by atomic mass is 10.1. The third kappa shape index (κ3) is 6.57. The molecule has 0 aliphatic carbocycles. The fraction of sp³-hybridized carbons (Fsp3) is 0.316. The van der Waals surface area contributed by atoms with Crippen LogP contribution in [0, 0.1) is 6.92 Å². The Morgan fingerprint density at radius 3 is 2.57 bits per heavy atom. The summed E-state index contributed by atoms with van der Waals surface area (Å²) in [5.74, 6) is -0.423. The second-order valence-electron chi connectivity index (χ2n) is 6.24. The number of amides is 2. The van der Waals surface area contributed by atoms with E-state index < -0.39 is 24.7 Å². The molecule has 6 nitrogen and oxygen atoms in total. The van der Waals surface area contributed by atoms with Gasteiger partial charge in [0.25, 0.3) is 5.91 Å². The molecule has 9 heteroatoms. The molecule has 0 aliphatic heterocycles. The predicted molar refractivity (Wildman–Crippen MR) is 97.2 cm³/mol. The normalized spacial score (nSPS) is 12.2. The van der Waals surface area contributed by atoms with Gasteiger partial charge in [0.15, 0.2) is 6.61 Å². The molecule has 1 heterocycles. The largest absolute Gasteiger partial charge is 0.484 e. The minimum absolute atomic E-state index is 0.0506. The van der Waals surface area contributed by atoms with Gasteiger partial charge in [0.2, 0.25) is 5.91 Å². The smallest absolute Gasteiger partial charge is 0.422 e. The molecule has 2 N–H and O–H groups in total. The molecule has 150 valence electrons. The van der Waals surface area contributed by atoms with Crippen LogP contribution in [0.1, 0.15) is 41.5 Å². The molecule has 2 rings (SSSR count). The molecule has 1 aromatic carbocycles. The number of aromatic nitrogens is 1. The maximum absolute atomic E-state index is 12.5. The Kier molecular flexibility index (Phi) is 6.61.